The lowest BCUT2D eigenvalue weighted by Crippen LogP contribution is -2.56. The molecule has 2 aromatic carbocycles. The first-order valence-corrected chi connectivity index (χ1v) is 9.97. The number of ether oxygens (including phenoxy) is 2. The number of esters is 1. The maximum atomic E-state index is 13.3. The van der Waals surface area contributed by atoms with Crippen LogP contribution in [-0.2, 0) is 16.1 Å². The molecular formula is C24H30N2O5. The number of hydrazine groups is 1. The topological polar surface area (TPSA) is 84.9 Å². The minimum absolute atomic E-state index is 0.122. The standard InChI is InChI=1S/C24H30N2O5/c1-15-11-16(2)13-18(12-15)23(29)26(24(4,5)6)25-22(28)19-9-8-10-21(30-7)20(19)14-31-17(3)27/h8-13H,14H2,1-7H3,(H,25,28). The molecule has 0 aliphatic rings. The molecule has 2 aromatic rings. The van der Waals surface area contributed by atoms with Crippen molar-refractivity contribution < 1.29 is 23.9 Å². The van der Waals surface area contributed by atoms with Crippen LogP contribution >= 0.6 is 0 Å². The van der Waals surface area contributed by atoms with Crippen molar-refractivity contribution in [3.05, 3.63) is 64.2 Å². The predicted octanol–water partition coefficient (Wildman–Crippen LogP) is 3.96. The molecular weight excluding hydrogens is 396 g/mol. The third kappa shape index (κ3) is 6.07. The van der Waals surface area contributed by atoms with Crippen LogP contribution in [0.4, 0.5) is 0 Å². The van der Waals surface area contributed by atoms with Crippen molar-refractivity contribution in [3.8, 4) is 5.75 Å². The van der Waals surface area contributed by atoms with Gasteiger partial charge in [-0.25, -0.2) is 5.01 Å². The van der Waals surface area contributed by atoms with Crippen LogP contribution in [0, 0.1) is 13.8 Å². The molecule has 0 aliphatic heterocycles. The molecule has 0 radical (unpaired) electrons. The largest absolute Gasteiger partial charge is 0.496 e. The molecule has 2 rings (SSSR count). The van der Waals surface area contributed by atoms with E-state index >= 15 is 0 Å². The molecule has 0 atom stereocenters. The fraction of sp³-hybridized carbons (Fsp3) is 0.375. The number of nitrogens with one attached hydrogen (secondary N) is 1. The lowest BCUT2D eigenvalue weighted by Gasteiger charge is -2.35. The highest BCUT2D eigenvalue weighted by molar-refractivity contribution is 6.00. The van der Waals surface area contributed by atoms with Crippen LogP contribution in [0.1, 0.15) is 65.1 Å². The minimum Gasteiger partial charge on any atom is -0.496 e. The molecule has 31 heavy (non-hydrogen) atoms. The van der Waals surface area contributed by atoms with Gasteiger partial charge in [0.25, 0.3) is 11.8 Å². The van der Waals surface area contributed by atoms with E-state index in [1.165, 1.54) is 19.0 Å². The van der Waals surface area contributed by atoms with E-state index in [9.17, 15) is 14.4 Å². The maximum absolute atomic E-state index is 13.3. The predicted molar refractivity (Wildman–Crippen MR) is 118 cm³/mol. The Hall–Kier alpha value is -3.35. The first-order valence-electron chi connectivity index (χ1n) is 9.97. The normalized spacial score (nSPS) is 10.9. The van der Waals surface area contributed by atoms with E-state index < -0.39 is 17.4 Å². The van der Waals surface area contributed by atoms with Gasteiger partial charge in [0.15, 0.2) is 0 Å². The van der Waals surface area contributed by atoms with Crippen LogP contribution in [0.15, 0.2) is 36.4 Å². The molecule has 0 heterocycles. The summed E-state index contributed by atoms with van der Waals surface area (Å²) in [5, 5.41) is 1.32. The lowest BCUT2D eigenvalue weighted by atomic mass is 10.0. The second-order valence-electron chi connectivity index (χ2n) is 8.40. The number of rotatable bonds is 5. The van der Waals surface area contributed by atoms with Crippen molar-refractivity contribution in [2.45, 2.75) is 53.7 Å². The zero-order chi connectivity index (χ0) is 23.3. The number of carbonyl (C=O) groups is 3. The lowest BCUT2D eigenvalue weighted by molar-refractivity contribution is -0.142. The minimum atomic E-state index is -0.695. The molecule has 2 amide bonds. The van der Waals surface area contributed by atoms with E-state index in [0.717, 1.165) is 11.1 Å². The fourth-order valence-electron chi connectivity index (χ4n) is 3.20. The number of carbonyl (C=O) groups excluding carboxylic acids is 3. The van der Waals surface area contributed by atoms with Crippen molar-refractivity contribution in [2.75, 3.05) is 7.11 Å². The van der Waals surface area contributed by atoms with Crippen molar-refractivity contribution in [1.29, 1.82) is 0 Å². The Morgan fingerprint density at radius 2 is 1.65 bits per heavy atom. The van der Waals surface area contributed by atoms with Gasteiger partial charge in [0.05, 0.1) is 18.2 Å². The third-order valence-corrected chi connectivity index (χ3v) is 4.57. The summed E-state index contributed by atoms with van der Waals surface area (Å²) in [6.07, 6.45) is 0. The van der Waals surface area contributed by atoms with E-state index in [0.29, 0.717) is 16.9 Å². The molecule has 0 saturated heterocycles. The van der Waals surface area contributed by atoms with E-state index in [-0.39, 0.29) is 18.1 Å². The number of nitrogens with zero attached hydrogens (tertiary/aromatic N) is 1. The Morgan fingerprint density at radius 3 is 2.16 bits per heavy atom. The quantitative estimate of drug-likeness (QED) is 0.578. The molecule has 166 valence electrons. The van der Waals surface area contributed by atoms with Crippen molar-refractivity contribution in [3.63, 3.8) is 0 Å². The van der Waals surface area contributed by atoms with Crippen molar-refractivity contribution in [2.24, 2.45) is 0 Å². The summed E-state index contributed by atoms with van der Waals surface area (Å²) < 4.78 is 10.4. The summed E-state index contributed by atoms with van der Waals surface area (Å²) in [6.45, 7) is 10.5. The zero-order valence-corrected chi connectivity index (χ0v) is 19.2. The first kappa shape index (κ1) is 23.9. The number of hydrogen-bond donors (Lipinski definition) is 1. The van der Waals surface area contributed by atoms with E-state index in [1.807, 2.05) is 40.7 Å². The Labute approximate surface area is 183 Å². The molecule has 0 fully saturated rings. The average Bonchev–Trinajstić information content (AvgIpc) is 2.67. The first-order chi connectivity index (χ1) is 14.4. The second-order valence-corrected chi connectivity index (χ2v) is 8.40. The van der Waals surface area contributed by atoms with Gasteiger partial charge in [0.2, 0.25) is 0 Å². The van der Waals surface area contributed by atoms with Gasteiger partial charge in [-0.05, 0) is 58.9 Å². The van der Waals surface area contributed by atoms with Crippen LogP contribution in [0.2, 0.25) is 0 Å². The average molecular weight is 427 g/mol. The third-order valence-electron chi connectivity index (χ3n) is 4.57. The molecule has 0 saturated carbocycles. The summed E-state index contributed by atoms with van der Waals surface area (Å²) in [7, 11) is 1.47. The Kier molecular flexibility index (Phi) is 7.44. The van der Waals surface area contributed by atoms with Crippen LogP contribution < -0.4 is 10.2 Å². The monoisotopic (exact) mass is 426 g/mol. The fourth-order valence-corrected chi connectivity index (χ4v) is 3.20. The Morgan fingerprint density at radius 1 is 1.03 bits per heavy atom. The highest BCUT2D eigenvalue weighted by Gasteiger charge is 2.30. The van der Waals surface area contributed by atoms with Gasteiger partial charge in [-0.1, -0.05) is 23.3 Å². The van der Waals surface area contributed by atoms with Crippen LogP contribution in [0.5, 0.6) is 5.75 Å². The number of hydrogen-bond acceptors (Lipinski definition) is 5. The van der Waals surface area contributed by atoms with E-state index in [4.69, 9.17) is 9.47 Å². The van der Waals surface area contributed by atoms with Crippen molar-refractivity contribution >= 4 is 17.8 Å². The van der Waals surface area contributed by atoms with Crippen LogP contribution in [0.3, 0.4) is 0 Å². The number of aryl methyl sites for hydroxylation is 2. The van der Waals surface area contributed by atoms with Gasteiger partial charge in [-0.2, -0.15) is 0 Å². The molecule has 7 nitrogen and oxygen atoms in total. The summed E-state index contributed by atoms with van der Waals surface area (Å²) in [4.78, 5) is 37.8. The molecule has 0 unspecified atom stereocenters. The maximum Gasteiger partial charge on any atom is 0.302 e. The van der Waals surface area contributed by atoms with Gasteiger partial charge < -0.3 is 9.47 Å². The van der Waals surface area contributed by atoms with Gasteiger partial charge in [-0.15, -0.1) is 0 Å². The summed E-state index contributed by atoms with van der Waals surface area (Å²) in [5.41, 5.74) is 5.12. The Bertz CT molecular complexity index is 972. The van der Waals surface area contributed by atoms with Gasteiger partial charge in [-0.3, -0.25) is 19.8 Å². The molecule has 0 spiro atoms. The van der Waals surface area contributed by atoms with Crippen molar-refractivity contribution in [1.82, 2.24) is 10.4 Å². The highest BCUT2D eigenvalue weighted by atomic mass is 16.5. The smallest absolute Gasteiger partial charge is 0.302 e. The molecule has 0 aliphatic carbocycles. The molecule has 1 N–H and O–H groups in total. The van der Waals surface area contributed by atoms with Crippen LogP contribution in [0.25, 0.3) is 0 Å². The number of methoxy groups -OCH3 is 1. The second kappa shape index (κ2) is 9.64. The highest BCUT2D eigenvalue weighted by Crippen LogP contribution is 2.24. The molecule has 0 bridgehead atoms. The number of amides is 2. The van der Waals surface area contributed by atoms with Gasteiger partial charge >= 0.3 is 5.97 Å². The SMILES string of the molecule is COc1cccc(C(=O)NN(C(=O)c2cc(C)cc(C)c2)C(C)(C)C)c1COC(C)=O. The summed E-state index contributed by atoms with van der Waals surface area (Å²) in [6, 6.07) is 10.5. The summed E-state index contributed by atoms with van der Waals surface area (Å²) >= 11 is 0. The summed E-state index contributed by atoms with van der Waals surface area (Å²) in [5.74, 6) is -0.888. The number of benzene rings is 2. The Balaban J connectivity index is 2.41. The molecule has 0 aromatic heterocycles. The zero-order valence-electron chi connectivity index (χ0n) is 19.2. The van der Waals surface area contributed by atoms with Crippen LogP contribution in [-0.4, -0.2) is 35.4 Å². The molecule has 7 heteroatoms. The van der Waals surface area contributed by atoms with Gasteiger partial charge in [0.1, 0.15) is 12.4 Å². The van der Waals surface area contributed by atoms with Gasteiger partial charge in [0, 0.05) is 18.1 Å². The van der Waals surface area contributed by atoms with E-state index in [2.05, 4.69) is 5.43 Å². The van der Waals surface area contributed by atoms with E-state index in [1.54, 1.807) is 30.3 Å².